The standard InChI is InChI=1S/C20H31N3O2/c1-5-14(3)18(21)19(24)22-17-7-6-16(12-15(17)4)20(25)23-10-8-13(2)9-11-23/h6-7,12-14,18H,5,8-11,21H2,1-4H3,(H,22,24). The van der Waals surface area contributed by atoms with E-state index in [1.807, 2.05) is 31.7 Å². The van der Waals surface area contributed by atoms with Crippen LogP contribution in [0.25, 0.3) is 0 Å². The summed E-state index contributed by atoms with van der Waals surface area (Å²) in [5.41, 5.74) is 8.25. The van der Waals surface area contributed by atoms with Gasteiger partial charge in [-0.3, -0.25) is 9.59 Å². The first-order valence-corrected chi connectivity index (χ1v) is 9.29. The largest absolute Gasteiger partial charge is 0.339 e. The molecule has 2 amide bonds. The van der Waals surface area contributed by atoms with Crippen molar-refractivity contribution in [3.05, 3.63) is 29.3 Å². The Labute approximate surface area is 151 Å². The molecule has 1 heterocycles. The van der Waals surface area contributed by atoms with Gasteiger partial charge in [-0.15, -0.1) is 0 Å². The molecule has 0 aliphatic carbocycles. The van der Waals surface area contributed by atoms with Crippen LogP contribution >= 0.6 is 0 Å². The van der Waals surface area contributed by atoms with Crippen LogP contribution in [0.1, 0.15) is 56.0 Å². The van der Waals surface area contributed by atoms with Crippen LogP contribution < -0.4 is 11.1 Å². The molecule has 1 fully saturated rings. The molecular formula is C20H31N3O2. The van der Waals surface area contributed by atoms with Crippen LogP contribution in [-0.2, 0) is 4.79 Å². The molecule has 1 aromatic rings. The van der Waals surface area contributed by atoms with Gasteiger partial charge in [-0.05, 0) is 55.4 Å². The fourth-order valence-corrected chi connectivity index (χ4v) is 3.06. The van der Waals surface area contributed by atoms with E-state index in [0.29, 0.717) is 17.2 Å². The van der Waals surface area contributed by atoms with E-state index < -0.39 is 6.04 Å². The highest BCUT2D eigenvalue weighted by Gasteiger charge is 2.23. The first kappa shape index (κ1) is 19.4. The molecule has 0 spiro atoms. The van der Waals surface area contributed by atoms with Gasteiger partial charge in [-0.2, -0.15) is 0 Å². The van der Waals surface area contributed by atoms with Crippen LogP contribution in [0.5, 0.6) is 0 Å². The summed E-state index contributed by atoms with van der Waals surface area (Å²) in [5.74, 6) is 0.714. The number of anilines is 1. The molecule has 1 aromatic carbocycles. The third kappa shape index (κ3) is 4.82. The number of carbonyl (C=O) groups is 2. The Bertz CT molecular complexity index is 621. The summed E-state index contributed by atoms with van der Waals surface area (Å²) in [6.45, 7) is 9.76. The van der Waals surface area contributed by atoms with Gasteiger partial charge in [-0.25, -0.2) is 0 Å². The quantitative estimate of drug-likeness (QED) is 0.860. The summed E-state index contributed by atoms with van der Waals surface area (Å²) in [5, 5.41) is 2.89. The minimum absolute atomic E-state index is 0.0733. The molecule has 1 saturated heterocycles. The third-order valence-electron chi connectivity index (χ3n) is 5.36. The van der Waals surface area contributed by atoms with Gasteiger partial charge in [0.1, 0.15) is 0 Å². The average molecular weight is 345 g/mol. The van der Waals surface area contributed by atoms with Crippen molar-refractivity contribution >= 4 is 17.5 Å². The predicted molar refractivity (Wildman–Crippen MR) is 102 cm³/mol. The van der Waals surface area contributed by atoms with Crippen molar-refractivity contribution in [2.45, 2.75) is 53.0 Å². The number of rotatable bonds is 5. The number of nitrogens with two attached hydrogens (primary N) is 1. The number of aryl methyl sites for hydroxylation is 1. The number of nitrogens with zero attached hydrogens (tertiary/aromatic N) is 1. The van der Waals surface area contributed by atoms with Crippen LogP contribution in [0.2, 0.25) is 0 Å². The molecule has 25 heavy (non-hydrogen) atoms. The minimum Gasteiger partial charge on any atom is -0.339 e. The average Bonchev–Trinajstić information content (AvgIpc) is 2.62. The van der Waals surface area contributed by atoms with Crippen molar-refractivity contribution in [1.29, 1.82) is 0 Å². The van der Waals surface area contributed by atoms with Crippen molar-refractivity contribution in [2.75, 3.05) is 18.4 Å². The Morgan fingerprint density at radius 2 is 1.96 bits per heavy atom. The Hall–Kier alpha value is -1.88. The van der Waals surface area contributed by atoms with Gasteiger partial charge < -0.3 is 16.0 Å². The van der Waals surface area contributed by atoms with E-state index in [1.54, 1.807) is 12.1 Å². The minimum atomic E-state index is -0.527. The second kappa shape index (κ2) is 8.48. The summed E-state index contributed by atoms with van der Waals surface area (Å²) >= 11 is 0. The van der Waals surface area contributed by atoms with Crippen LogP contribution in [0, 0.1) is 18.8 Å². The number of benzene rings is 1. The number of carbonyl (C=O) groups excluding carboxylic acids is 2. The molecule has 2 atom stereocenters. The zero-order valence-corrected chi connectivity index (χ0v) is 15.8. The maximum atomic E-state index is 12.6. The Morgan fingerprint density at radius 3 is 2.52 bits per heavy atom. The van der Waals surface area contributed by atoms with Gasteiger partial charge in [0.25, 0.3) is 5.91 Å². The summed E-state index contributed by atoms with van der Waals surface area (Å²) in [7, 11) is 0. The topological polar surface area (TPSA) is 75.4 Å². The van der Waals surface area contributed by atoms with Gasteiger partial charge in [0.2, 0.25) is 5.91 Å². The van der Waals surface area contributed by atoms with E-state index >= 15 is 0 Å². The van der Waals surface area contributed by atoms with E-state index in [0.717, 1.165) is 37.9 Å². The number of likely N-dealkylation sites (tertiary alicyclic amines) is 1. The lowest BCUT2D eigenvalue weighted by molar-refractivity contribution is -0.118. The number of hydrogen-bond acceptors (Lipinski definition) is 3. The van der Waals surface area contributed by atoms with Crippen LogP contribution in [0.4, 0.5) is 5.69 Å². The second-order valence-electron chi connectivity index (χ2n) is 7.40. The van der Waals surface area contributed by atoms with Crippen molar-refractivity contribution < 1.29 is 9.59 Å². The summed E-state index contributed by atoms with van der Waals surface area (Å²) in [4.78, 5) is 26.8. The number of hydrogen-bond donors (Lipinski definition) is 2. The Kier molecular flexibility index (Phi) is 6.59. The maximum absolute atomic E-state index is 12.6. The Morgan fingerprint density at radius 1 is 1.32 bits per heavy atom. The SMILES string of the molecule is CCC(C)C(N)C(=O)Nc1ccc(C(=O)N2CCC(C)CC2)cc1C. The summed E-state index contributed by atoms with van der Waals surface area (Å²) in [6.07, 6.45) is 2.98. The van der Waals surface area contributed by atoms with Gasteiger partial charge in [-0.1, -0.05) is 27.2 Å². The fraction of sp³-hybridized carbons (Fsp3) is 0.600. The van der Waals surface area contributed by atoms with Crippen LogP contribution in [0.15, 0.2) is 18.2 Å². The Balaban J connectivity index is 2.05. The van der Waals surface area contributed by atoms with Crippen molar-refractivity contribution in [2.24, 2.45) is 17.6 Å². The molecule has 0 aromatic heterocycles. The number of nitrogens with one attached hydrogen (secondary N) is 1. The molecule has 5 nitrogen and oxygen atoms in total. The van der Waals surface area contributed by atoms with Gasteiger partial charge >= 0.3 is 0 Å². The molecule has 5 heteroatoms. The fourth-order valence-electron chi connectivity index (χ4n) is 3.06. The predicted octanol–water partition coefficient (Wildman–Crippen LogP) is 3.18. The highest BCUT2D eigenvalue weighted by Crippen LogP contribution is 2.22. The van der Waals surface area contributed by atoms with Gasteiger partial charge in [0.15, 0.2) is 0 Å². The second-order valence-corrected chi connectivity index (χ2v) is 7.40. The summed E-state index contributed by atoms with van der Waals surface area (Å²) in [6, 6.07) is 4.92. The first-order valence-electron chi connectivity index (χ1n) is 9.29. The highest BCUT2D eigenvalue weighted by atomic mass is 16.2. The van der Waals surface area contributed by atoms with E-state index in [4.69, 9.17) is 5.73 Å². The van der Waals surface area contributed by atoms with E-state index in [2.05, 4.69) is 12.2 Å². The smallest absolute Gasteiger partial charge is 0.253 e. The molecule has 2 unspecified atom stereocenters. The number of piperidine rings is 1. The lowest BCUT2D eigenvalue weighted by Gasteiger charge is -2.30. The van der Waals surface area contributed by atoms with E-state index in [-0.39, 0.29) is 17.7 Å². The zero-order chi connectivity index (χ0) is 18.6. The molecule has 0 saturated carbocycles. The lowest BCUT2D eigenvalue weighted by Crippen LogP contribution is -2.40. The molecule has 138 valence electrons. The van der Waals surface area contributed by atoms with Crippen molar-refractivity contribution in [1.82, 2.24) is 4.90 Å². The molecule has 1 aliphatic heterocycles. The highest BCUT2D eigenvalue weighted by molar-refractivity contribution is 5.98. The molecule has 3 N–H and O–H groups in total. The molecule has 0 radical (unpaired) electrons. The number of amides is 2. The molecule has 2 rings (SSSR count). The van der Waals surface area contributed by atoms with Gasteiger partial charge in [0, 0.05) is 24.3 Å². The van der Waals surface area contributed by atoms with E-state index in [9.17, 15) is 9.59 Å². The lowest BCUT2D eigenvalue weighted by atomic mass is 9.98. The monoisotopic (exact) mass is 345 g/mol. The van der Waals surface area contributed by atoms with Crippen LogP contribution in [-0.4, -0.2) is 35.8 Å². The first-order chi connectivity index (χ1) is 11.8. The maximum Gasteiger partial charge on any atom is 0.253 e. The molecule has 1 aliphatic rings. The van der Waals surface area contributed by atoms with Gasteiger partial charge in [0.05, 0.1) is 6.04 Å². The van der Waals surface area contributed by atoms with Crippen molar-refractivity contribution in [3.63, 3.8) is 0 Å². The molecule has 0 bridgehead atoms. The van der Waals surface area contributed by atoms with Crippen molar-refractivity contribution in [3.8, 4) is 0 Å². The zero-order valence-electron chi connectivity index (χ0n) is 15.8. The summed E-state index contributed by atoms with van der Waals surface area (Å²) < 4.78 is 0. The normalized spacial score (nSPS) is 17.9. The molecular weight excluding hydrogens is 314 g/mol. The third-order valence-corrected chi connectivity index (χ3v) is 5.36. The van der Waals surface area contributed by atoms with E-state index in [1.165, 1.54) is 0 Å². The van der Waals surface area contributed by atoms with Crippen LogP contribution in [0.3, 0.4) is 0 Å².